The number of carbonyl (C=O) groups is 2. The molecule has 0 bridgehead atoms. The van der Waals surface area contributed by atoms with Crippen molar-refractivity contribution >= 4 is 34.8 Å². The molecule has 2 aromatic carbocycles. The fourth-order valence-electron chi connectivity index (χ4n) is 1.95. The number of para-hydroxylation sites is 1. The topological polar surface area (TPSA) is 67.4 Å². The van der Waals surface area contributed by atoms with Gasteiger partial charge in [0.2, 0.25) is 5.91 Å². The quantitative estimate of drug-likeness (QED) is 0.827. The molecule has 1 atom stereocenters. The molecule has 2 aromatic rings. The maximum Gasteiger partial charge on any atom is 0.265 e. The third kappa shape index (κ3) is 4.99. The van der Waals surface area contributed by atoms with Crippen molar-refractivity contribution in [2.75, 3.05) is 10.6 Å². The highest BCUT2D eigenvalue weighted by molar-refractivity contribution is 6.32. The Balaban J connectivity index is 2.00. The van der Waals surface area contributed by atoms with E-state index in [9.17, 15) is 9.59 Å². The van der Waals surface area contributed by atoms with E-state index in [-0.39, 0.29) is 11.8 Å². The van der Waals surface area contributed by atoms with Gasteiger partial charge in [-0.3, -0.25) is 9.59 Å². The second kappa shape index (κ2) is 8.36. The molecule has 24 heavy (non-hydrogen) atoms. The summed E-state index contributed by atoms with van der Waals surface area (Å²) in [5.74, 6) is 0.0496. The molecule has 0 aliphatic carbocycles. The summed E-state index contributed by atoms with van der Waals surface area (Å²) in [4.78, 5) is 23.7. The summed E-state index contributed by atoms with van der Waals surface area (Å²) >= 11 is 6.02. The predicted molar refractivity (Wildman–Crippen MR) is 95.5 cm³/mol. The summed E-state index contributed by atoms with van der Waals surface area (Å²) < 4.78 is 5.58. The second-order valence-corrected chi connectivity index (χ2v) is 5.57. The number of nitrogens with one attached hydrogen (secondary N) is 2. The second-order valence-electron chi connectivity index (χ2n) is 5.16. The monoisotopic (exact) mass is 346 g/mol. The molecule has 0 fully saturated rings. The van der Waals surface area contributed by atoms with Crippen molar-refractivity contribution in [3.05, 3.63) is 53.6 Å². The highest BCUT2D eigenvalue weighted by Crippen LogP contribution is 2.24. The van der Waals surface area contributed by atoms with E-state index in [0.29, 0.717) is 28.6 Å². The lowest BCUT2D eigenvalue weighted by Gasteiger charge is -2.16. The summed E-state index contributed by atoms with van der Waals surface area (Å²) in [6, 6.07) is 13.9. The van der Waals surface area contributed by atoms with Gasteiger partial charge in [-0.25, -0.2) is 0 Å². The van der Waals surface area contributed by atoms with Crippen LogP contribution in [0.2, 0.25) is 5.02 Å². The van der Waals surface area contributed by atoms with E-state index in [1.165, 1.54) is 0 Å². The van der Waals surface area contributed by atoms with Crippen molar-refractivity contribution in [3.8, 4) is 5.75 Å². The zero-order valence-electron chi connectivity index (χ0n) is 13.5. The van der Waals surface area contributed by atoms with Crippen molar-refractivity contribution in [2.45, 2.75) is 26.4 Å². The lowest BCUT2D eigenvalue weighted by Crippen LogP contribution is -2.30. The molecular formula is C18H19ClN2O3. The molecule has 0 saturated heterocycles. The van der Waals surface area contributed by atoms with E-state index >= 15 is 0 Å². The van der Waals surface area contributed by atoms with Gasteiger partial charge in [0.25, 0.3) is 5.91 Å². The van der Waals surface area contributed by atoms with Crippen molar-refractivity contribution in [2.24, 2.45) is 0 Å². The zero-order chi connectivity index (χ0) is 17.5. The summed E-state index contributed by atoms with van der Waals surface area (Å²) in [6.45, 7) is 3.41. The molecule has 6 heteroatoms. The minimum atomic E-state index is -0.723. The Morgan fingerprint density at radius 2 is 1.75 bits per heavy atom. The molecule has 0 spiro atoms. The van der Waals surface area contributed by atoms with Crippen molar-refractivity contribution < 1.29 is 14.3 Å². The standard InChI is InChI=1S/C18H19ClN2O3/c1-3-17(22)20-13-7-6-8-14(11-13)21-18(23)12(2)24-16-10-5-4-9-15(16)19/h4-12H,3H2,1-2H3,(H,20,22)(H,21,23). The summed E-state index contributed by atoms with van der Waals surface area (Å²) in [6.07, 6.45) is -0.335. The first-order valence-corrected chi connectivity index (χ1v) is 7.99. The molecule has 0 aliphatic heterocycles. The van der Waals surface area contributed by atoms with Crippen LogP contribution in [0.25, 0.3) is 0 Å². The Hall–Kier alpha value is -2.53. The number of carbonyl (C=O) groups excluding carboxylic acids is 2. The molecule has 2 rings (SSSR count). The number of hydrogen-bond donors (Lipinski definition) is 2. The maximum atomic E-state index is 12.3. The lowest BCUT2D eigenvalue weighted by atomic mass is 10.2. The first-order valence-electron chi connectivity index (χ1n) is 7.61. The number of rotatable bonds is 6. The highest BCUT2D eigenvalue weighted by atomic mass is 35.5. The predicted octanol–water partition coefficient (Wildman–Crippen LogP) is 4.09. The minimum Gasteiger partial charge on any atom is -0.479 e. The molecule has 0 aromatic heterocycles. The fraction of sp³-hybridized carbons (Fsp3) is 0.222. The van der Waals surface area contributed by atoms with E-state index in [4.69, 9.17) is 16.3 Å². The Labute approximate surface area is 146 Å². The van der Waals surface area contributed by atoms with Gasteiger partial charge >= 0.3 is 0 Å². The van der Waals surface area contributed by atoms with Gasteiger partial charge in [0, 0.05) is 17.8 Å². The Bertz CT molecular complexity index is 734. The van der Waals surface area contributed by atoms with Crippen molar-refractivity contribution in [1.29, 1.82) is 0 Å². The summed E-state index contributed by atoms with van der Waals surface area (Å²) in [5, 5.41) is 5.94. The average Bonchev–Trinajstić information content (AvgIpc) is 2.57. The van der Waals surface area contributed by atoms with Gasteiger partial charge in [-0.1, -0.05) is 36.7 Å². The van der Waals surface area contributed by atoms with E-state index in [1.54, 1.807) is 62.4 Å². The third-order valence-electron chi connectivity index (χ3n) is 3.24. The van der Waals surface area contributed by atoms with Gasteiger partial charge < -0.3 is 15.4 Å². The number of halogens is 1. The molecule has 0 saturated carbocycles. The Morgan fingerprint density at radius 3 is 2.42 bits per heavy atom. The average molecular weight is 347 g/mol. The lowest BCUT2D eigenvalue weighted by molar-refractivity contribution is -0.122. The van der Waals surface area contributed by atoms with Crippen LogP contribution in [0.5, 0.6) is 5.75 Å². The van der Waals surface area contributed by atoms with Gasteiger partial charge in [0.1, 0.15) is 5.75 Å². The van der Waals surface area contributed by atoms with Gasteiger partial charge in [-0.15, -0.1) is 0 Å². The van der Waals surface area contributed by atoms with Crippen LogP contribution in [-0.2, 0) is 9.59 Å². The Kier molecular flexibility index (Phi) is 6.21. The number of benzene rings is 2. The summed E-state index contributed by atoms with van der Waals surface area (Å²) in [5.41, 5.74) is 1.20. The van der Waals surface area contributed by atoms with E-state index in [2.05, 4.69) is 10.6 Å². The molecular weight excluding hydrogens is 328 g/mol. The molecule has 0 heterocycles. The molecule has 2 amide bonds. The third-order valence-corrected chi connectivity index (χ3v) is 3.56. The van der Waals surface area contributed by atoms with Crippen LogP contribution in [0.3, 0.4) is 0 Å². The molecule has 0 aliphatic rings. The van der Waals surface area contributed by atoms with E-state index in [0.717, 1.165) is 0 Å². The van der Waals surface area contributed by atoms with Crippen LogP contribution in [0.1, 0.15) is 20.3 Å². The number of hydrogen-bond acceptors (Lipinski definition) is 3. The van der Waals surface area contributed by atoms with Crippen LogP contribution in [0.4, 0.5) is 11.4 Å². The van der Waals surface area contributed by atoms with E-state index in [1.807, 2.05) is 0 Å². The molecule has 1 unspecified atom stereocenters. The normalized spacial score (nSPS) is 11.5. The van der Waals surface area contributed by atoms with Crippen LogP contribution in [0.15, 0.2) is 48.5 Å². The van der Waals surface area contributed by atoms with Crippen molar-refractivity contribution in [1.82, 2.24) is 0 Å². The first kappa shape index (κ1) is 17.8. The highest BCUT2D eigenvalue weighted by Gasteiger charge is 2.16. The van der Waals surface area contributed by atoms with Crippen LogP contribution in [0, 0.1) is 0 Å². The number of amides is 2. The SMILES string of the molecule is CCC(=O)Nc1cccc(NC(=O)C(C)Oc2ccccc2Cl)c1. The Morgan fingerprint density at radius 1 is 1.08 bits per heavy atom. The zero-order valence-corrected chi connectivity index (χ0v) is 14.3. The molecule has 126 valence electrons. The minimum absolute atomic E-state index is 0.0890. The van der Waals surface area contributed by atoms with Gasteiger partial charge in [0.15, 0.2) is 6.10 Å². The van der Waals surface area contributed by atoms with Gasteiger partial charge in [-0.2, -0.15) is 0 Å². The number of ether oxygens (including phenoxy) is 1. The summed E-state index contributed by atoms with van der Waals surface area (Å²) in [7, 11) is 0. The molecule has 0 radical (unpaired) electrons. The van der Waals surface area contributed by atoms with Gasteiger partial charge in [0.05, 0.1) is 5.02 Å². The molecule has 2 N–H and O–H groups in total. The maximum absolute atomic E-state index is 12.3. The van der Waals surface area contributed by atoms with Crippen LogP contribution < -0.4 is 15.4 Å². The smallest absolute Gasteiger partial charge is 0.265 e. The fourth-order valence-corrected chi connectivity index (χ4v) is 2.13. The number of anilines is 2. The van der Waals surface area contributed by atoms with Gasteiger partial charge in [-0.05, 0) is 37.3 Å². The van der Waals surface area contributed by atoms with Crippen LogP contribution in [-0.4, -0.2) is 17.9 Å². The first-order chi connectivity index (χ1) is 11.5. The molecule has 5 nitrogen and oxygen atoms in total. The van der Waals surface area contributed by atoms with E-state index < -0.39 is 6.10 Å². The van der Waals surface area contributed by atoms with Crippen molar-refractivity contribution in [3.63, 3.8) is 0 Å². The largest absolute Gasteiger partial charge is 0.479 e. The van der Waals surface area contributed by atoms with Crippen LogP contribution >= 0.6 is 11.6 Å².